The van der Waals surface area contributed by atoms with E-state index in [4.69, 9.17) is 5.73 Å². The van der Waals surface area contributed by atoms with Gasteiger partial charge >= 0.3 is 12.3 Å². The van der Waals surface area contributed by atoms with Gasteiger partial charge in [0.2, 0.25) is 0 Å². The monoisotopic (exact) mass is 227 g/mol. The Morgan fingerprint density at radius 2 is 1.93 bits per heavy atom. The van der Waals surface area contributed by atoms with Gasteiger partial charge in [-0.05, 0) is 19.1 Å². The minimum absolute atomic E-state index is 0.0767. The quantitative estimate of drug-likeness (QED) is 0.789. The minimum Gasteiger partial charge on any atom is -0.318 e. The van der Waals surface area contributed by atoms with Crippen molar-refractivity contribution in [3.63, 3.8) is 0 Å². The van der Waals surface area contributed by atoms with E-state index in [1.54, 1.807) is 13.0 Å². The molecule has 1 rings (SSSR count). The molecule has 1 atom stereocenters. The number of rotatable bonds is 3. The van der Waals surface area contributed by atoms with Crippen molar-refractivity contribution in [3.05, 3.63) is 21.9 Å². The van der Waals surface area contributed by atoms with Crippen LogP contribution in [0.3, 0.4) is 0 Å². The molecule has 0 spiro atoms. The lowest BCUT2D eigenvalue weighted by atomic mass is 10.1. The van der Waals surface area contributed by atoms with Crippen molar-refractivity contribution in [2.75, 3.05) is 0 Å². The summed E-state index contributed by atoms with van der Waals surface area (Å²) in [5.41, 5.74) is 5.07. The zero-order chi connectivity index (χ0) is 10.9. The maximum atomic E-state index is 12.8. The van der Waals surface area contributed by atoms with E-state index in [1.807, 2.05) is 0 Å². The Labute approximate surface area is 82.5 Å². The topological polar surface area (TPSA) is 26.0 Å². The standard InChI is InChI=1S/C8H9F4NS/c1-4-2-3-5(14-4)6(13)8(11,12)7(9)10/h2-3,6-7H,13H2,1H3. The first-order valence-corrected chi connectivity index (χ1v) is 4.65. The first kappa shape index (κ1) is 11.5. The zero-order valence-corrected chi connectivity index (χ0v) is 8.12. The van der Waals surface area contributed by atoms with Crippen LogP contribution in [0.4, 0.5) is 17.6 Å². The van der Waals surface area contributed by atoms with E-state index < -0.39 is 18.4 Å². The Morgan fingerprint density at radius 3 is 2.29 bits per heavy atom. The molecule has 1 nitrogen and oxygen atoms in total. The van der Waals surface area contributed by atoms with Crippen LogP contribution in [0, 0.1) is 6.92 Å². The van der Waals surface area contributed by atoms with Crippen LogP contribution in [0.1, 0.15) is 15.8 Å². The molecule has 0 bridgehead atoms. The van der Waals surface area contributed by atoms with Crippen LogP contribution in [0.2, 0.25) is 0 Å². The third-order valence-electron chi connectivity index (χ3n) is 1.77. The van der Waals surface area contributed by atoms with Crippen molar-refractivity contribution in [2.45, 2.75) is 25.3 Å². The summed E-state index contributed by atoms with van der Waals surface area (Å²) in [6.45, 7) is 1.70. The minimum atomic E-state index is -4.17. The van der Waals surface area contributed by atoms with Gasteiger partial charge < -0.3 is 5.73 Å². The lowest BCUT2D eigenvalue weighted by Crippen LogP contribution is -2.38. The molecule has 0 saturated carbocycles. The number of hydrogen-bond acceptors (Lipinski definition) is 2. The van der Waals surface area contributed by atoms with Gasteiger partial charge in [-0.3, -0.25) is 0 Å². The maximum absolute atomic E-state index is 12.8. The molecule has 6 heteroatoms. The lowest BCUT2D eigenvalue weighted by molar-refractivity contribution is -0.143. The van der Waals surface area contributed by atoms with E-state index in [1.165, 1.54) is 6.07 Å². The third-order valence-corrected chi connectivity index (χ3v) is 2.86. The molecule has 0 aliphatic rings. The number of hydrogen-bond donors (Lipinski definition) is 1. The molecule has 0 fully saturated rings. The van der Waals surface area contributed by atoms with E-state index >= 15 is 0 Å². The van der Waals surface area contributed by atoms with Gasteiger partial charge in [-0.25, -0.2) is 8.78 Å². The molecular formula is C8H9F4NS. The largest absolute Gasteiger partial charge is 0.327 e. The molecule has 1 aromatic heterocycles. The average molecular weight is 227 g/mol. The zero-order valence-electron chi connectivity index (χ0n) is 7.31. The van der Waals surface area contributed by atoms with Crippen molar-refractivity contribution in [2.24, 2.45) is 5.73 Å². The summed E-state index contributed by atoms with van der Waals surface area (Å²) in [4.78, 5) is 0.841. The van der Waals surface area contributed by atoms with Crippen LogP contribution in [0.5, 0.6) is 0 Å². The highest BCUT2D eigenvalue weighted by Gasteiger charge is 2.48. The van der Waals surface area contributed by atoms with Crippen molar-refractivity contribution in [1.29, 1.82) is 0 Å². The van der Waals surface area contributed by atoms with Crippen LogP contribution in [-0.4, -0.2) is 12.3 Å². The summed E-state index contributed by atoms with van der Waals surface area (Å²) in [5.74, 6) is -4.17. The lowest BCUT2D eigenvalue weighted by Gasteiger charge is -2.21. The van der Waals surface area contributed by atoms with Gasteiger partial charge in [0, 0.05) is 9.75 Å². The first-order chi connectivity index (χ1) is 6.35. The highest BCUT2D eigenvalue weighted by Crippen LogP contribution is 2.37. The fraction of sp³-hybridized carbons (Fsp3) is 0.500. The smallest absolute Gasteiger partial charge is 0.318 e. The van der Waals surface area contributed by atoms with Crippen molar-refractivity contribution in [3.8, 4) is 0 Å². The van der Waals surface area contributed by atoms with E-state index in [-0.39, 0.29) is 4.88 Å². The van der Waals surface area contributed by atoms with Gasteiger partial charge in [-0.1, -0.05) is 0 Å². The van der Waals surface area contributed by atoms with Crippen molar-refractivity contribution in [1.82, 2.24) is 0 Å². The molecule has 2 N–H and O–H groups in total. The second-order valence-corrected chi connectivity index (χ2v) is 4.22. The first-order valence-electron chi connectivity index (χ1n) is 3.83. The van der Waals surface area contributed by atoms with Gasteiger partial charge in [0.15, 0.2) is 0 Å². The summed E-state index contributed by atoms with van der Waals surface area (Å²) in [7, 11) is 0. The molecule has 0 aromatic carbocycles. The molecule has 0 amide bonds. The van der Waals surface area contributed by atoms with Gasteiger partial charge in [-0.2, -0.15) is 8.78 Å². The number of halogens is 4. The van der Waals surface area contributed by atoms with Gasteiger partial charge in [0.25, 0.3) is 0 Å². The average Bonchev–Trinajstić information content (AvgIpc) is 2.50. The van der Waals surface area contributed by atoms with E-state index in [2.05, 4.69) is 0 Å². The van der Waals surface area contributed by atoms with Crippen molar-refractivity contribution >= 4 is 11.3 Å². The van der Waals surface area contributed by atoms with Crippen LogP contribution in [0.25, 0.3) is 0 Å². The van der Waals surface area contributed by atoms with Gasteiger partial charge in [0.05, 0.1) is 0 Å². The Kier molecular flexibility index (Phi) is 3.16. The van der Waals surface area contributed by atoms with Crippen LogP contribution in [0.15, 0.2) is 12.1 Å². The predicted molar refractivity (Wildman–Crippen MR) is 46.9 cm³/mol. The van der Waals surface area contributed by atoms with Gasteiger partial charge in [0.1, 0.15) is 6.04 Å². The van der Waals surface area contributed by atoms with Gasteiger partial charge in [-0.15, -0.1) is 11.3 Å². The fourth-order valence-electron chi connectivity index (χ4n) is 0.946. The number of aryl methyl sites for hydroxylation is 1. The summed E-state index contributed by atoms with van der Waals surface area (Å²) in [6.07, 6.45) is -3.74. The Balaban J connectivity index is 2.89. The second kappa shape index (κ2) is 3.86. The molecule has 1 aromatic rings. The van der Waals surface area contributed by atoms with Crippen LogP contribution >= 0.6 is 11.3 Å². The number of thiophene rings is 1. The van der Waals surface area contributed by atoms with Crippen molar-refractivity contribution < 1.29 is 17.6 Å². The molecule has 0 radical (unpaired) electrons. The maximum Gasteiger partial charge on any atom is 0.327 e. The highest BCUT2D eigenvalue weighted by atomic mass is 32.1. The molecule has 1 heterocycles. The molecule has 80 valence electrons. The van der Waals surface area contributed by atoms with E-state index in [0.29, 0.717) is 0 Å². The third kappa shape index (κ3) is 2.06. The number of alkyl halides is 4. The Morgan fingerprint density at radius 1 is 1.36 bits per heavy atom. The Hall–Kier alpha value is -0.620. The molecule has 1 unspecified atom stereocenters. The molecule has 14 heavy (non-hydrogen) atoms. The predicted octanol–water partition coefficient (Wildman–Crippen LogP) is 2.96. The normalized spacial score (nSPS) is 14.8. The summed E-state index contributed by atoms with van der Waals surface area (Å²) in [6, 6.07) is 0.990. The van der Waals surface area contributed by atoms with Crippen LogP contribution in [-0.2, 0) is 0 Å². The summed E-state index contributed by atoms with van der Waals surface area (Å²) in [5, 5.41) is 0. The SMILES string of the molecule is Cc1ccc(C(N)C(F)(F)C(F)F)s1. The molecular weight excluding hydrogens is 218 g/mol. The molecule has 0 saturated heterocycles. The molecule has 0 aliphatic carbocycles. The second-order valence-electron chi connectivity index (χ2n) is 2.90. The summed E-state index contributed by atoms with van der Waals surface area (Å²) < 4.78 is 49.4. The highest BCUT2D eigenvalue weighted by molar-refractivity contribution is 7.12. The van der Waals surface area contributed by atoms with Crippen LogP contribution < -0.4 is 5.73 Å². The Bertz CT molecular complexity index is 310. The molecule has 0 aliphatic heterocycles. The number of nitrogens with two attached hydrogens (primary N) is 1. The summed E-state index contributed by atoms with van der Waals surface area (Å²) >= 11 is 1.00. The van der Waals surface area contributed by atoms with E-state index in [0.717, 1.165) is 16.2 Å². The fourth-order valence-corrected chi connectivity index (χ4v) is 1.87. The van der Waals surface area contributed by atoms with E-state index in [9.17, 15) is 17.6 Å².